The molecule has 2 bridgehead atoms. The number of piperidine rings is 1. The highest BCUT2D eigenvalue weighted by molar-refractivity contribution is 5.98. The van der Waals surface area contributed by atoms with Crippen molar-refractivity contribution < 1.29 is 24.1 Å². The van der Waals surface area contributed by atoms with Crippen molar-refractivity contribution in [3.05, 3.63) is 39.3 Å². The van der Waals surface area contributed by atoms with E-state index in [9.17, 15) is 9.90 Å². The lowest BCUT2D eigenvalue weighted by Gasteiger charge is -2.64. The van der Waals surface area contributed by atoms with Gasteiger partial charge in [-0.3, -0.25) is 4.79 Å². The molecule has 152 valence electrons. The fraction of sp³-hybridized carbons (Fsp3) is 0.650. The Kier molecular flexibility index (Phi) is 3.35. The average Bonchev–Trinajstić information content (AvgIpc) is 3.31. The summed E-state index contributed by atoms with van der Waals surface area (Å²) in [5, 5.41) is 15.4. The van der Waals surface area contributed by atoms with Crippen LogP contribution in [0, 0.1) is 0 Å². The monoisotopic (exact) mass is 398 g/mol. The van der Waals surface area contributed by atoms with E-state index < -0.39 is 28.8 Å². The molecule has 5 aliphatic rings. The molecule has 1 amide bonds. The molecule has 4 atom stereocenters. The summed E-state index contributed by atoms with van der Waals surface area (Å²) in [7, 11) is 2.05. The van der Waals surface area contributed by atoms with E-state index in [1.165, 1.54) is 0 Å². The van der Waals surface area contributed by atoms with Crippen LogP contribution in [0.4, 0.5) is 0 Å². The van der Waals surface area contributed by atoms with Gasteiger partial charge in [0.15, 0.2) is 6.10 Å². The molecule has 1 saturated carbocycles. The summed E-state index contributed by atoms with van der Waals surface area (Å²) in [5.41, 5.74) is 9.20. The van der Waals surface area contributed by atoms with E-state index in [2.05, 4.69) is 22.0 Å². The number of amides is 1. The second kappa shape index (κ2) is 5.50. The maximum absolute atomic E-state index is 12.5. The summed E-state index contributed by atoms with van der Waals surface area (Å²) in [6.45, 7) is 1.76. The fourth-order valence-electron chi connectivity index (χ4n) is 6.75. The molecule has 6 rings (SSSR count). The number of likely N-dealkylation sites (N-methyl/N-ethyl adjacent to an activating group) is 1. The van der Waals surface area contributed by atoms with Crippen LogP contribution in [0.2, 0.25) is 0 Å². The lowest BCUT2D eigenvalue weighted by Crippen LogP contribution is -2.79. The quantitative estimate of drug-likeness (QED) is 0.437. The molecule has 9 heteroatoms. The molecule has 3 heterocycles. The molecule has 1 aromatic carbocycles. The summed E-state index contributed by atoms with van der Waals surface area (Å²) in [5.74, 6) is -1.19. The summed E-state index contributed by atoms with van der Waals surface area (Å²) < 4.78 is 18.7. The van der Waals surface area contributed by atoms with E-state index in [4.69, 9.17) is 19.7 Å². The standard InChI is InChI=1S/C20H22N4O5/c1-24-7-6-18-14-11-2-3-12(16(25)22-23-21)15(14)29-17(18)20(27-8-9-28-20)5-4-19(18,26)13(24)10-11/h2-3,13,17,26H,4-10H2,1H3/t13-,17-,18+,19-/m1/s1. The smallest absolute Gasteiger partial charge is 0.252 e. The van der Waals surface area contributed by atoms with Crippen molar-refractivity contribution in [2.75, 3.05) is 26.8 Å². The van der Waals surface area contributed by atoms with Crippen LogP contribution in [0.5, 0.6) is 5.75 Å². The molecule has 0 radical (unpaired) electrons. The first kappa shape index (κ1) is 17.7. The third-order valence-electron chi connectivity index (χ3n) is 7.90. The van der Waals surface area contributed by atoms with Crippen molar-refractivity contribution in [2.24, 2.45) is 5.11 Å². The predicted molar refractivity (Wildman–Crippen MR) is 99.6 cm³/mol. The first-order valence-corrected chi connectivity index (χ1v) is 10.1. The van der Waals surface area contributed by atoms with Gasteiger partial charge in [0.25, 0.3) is 5.91 Å². The fourth-order valence-corrected chi connectivity index (χ4v) is 6.75. The molecular weight excluding hydrogens is 376 g/mol. The Hall–Kier alpha value is -2.16. The van der Waals surface area contributed by atoms with Gasteiger partial charge in [0.05, 0.1) is 29.8 Å². The molecule has 3 aliphatic heterocycles. The predicted octanol–water partition coefficient (Wildman–Crippen LogP) is 1.66. The van der Waals surface area contributed by atoms with Gasteiger partial charge in [0.2, 0.25) is 5.79 Å². The summed E-state index contributed by atoms with van der Waals surface area (Å²) in [4.78, 5) is 17.4. The summed E-state index contributed by atoms with van der Waals surface area (Å²) in [6, 6.07) is 3.54. The molecule has 1 aromatic rings. The van der Waals surface area contributed by atoms with Crippen LogP contribution >= 0.6 is 0 Å². The SMILES string of the molecule is CN1CC[C@]23c4c5ccc(C(=O)N=[N+]=[N-])c4O[C@H]2C2(CC[C@@]3(O)[C@H]1C5)OCCO2. The molecule has 2 saturated heterocycles. The minimum absolute atomic E-state index is 0.0433. The molecule has 2 aliphatic carbocycles. The molecule has 3 fully saturated rings. The molecule has 0 unspecified atom stereocenters. The van der Waals surface area contributed by atoms with Gasteiger partial charge in [-0.15, -0.1) is 0 Å². The second-order valence-corrected chi connectivity index (χ2v) is 8.82. The highest BCUT2D eigenvalue weighted by atomic mass is 16.8. The topological polar surface area (TPSA) is 117 Å². The Labute approximate surface area is 167 Å². The first-order valence-electron chi connectivity index (χ1n) is 10.1. The number of fused-ring (bicyclic) bond motifs is 1. The first-order chi connectivity index (χ1) is 14.0. The second-order valence-electron chi connectivity index (χ2n) is 8.82. The molecule has 0 aromatic heterocycles. The van der Waals surface area contributed by atoms with E-state index in [1.54, 1.807) is 6.07 Å². The van der Waals surface area contributed by atoms with Crippen LogP contribution in [0.3, 0.4) is 0 Å². The molecule has 9 nitrogen and oxygen atoms in total. The Morgan fingerprint density at radius 2 is 2.10 bits per heavy atom. The minimum Gasteiger partial charge on any atom is -0.483 e. The molecule has 2 spiro atoms. The number of rotatable bonds is 1. The van der Waals surface area contributed by atoms with Crippen LogP contribution in [0.25, 0.3) is 10.4 Å². The van der Waals surface area contributed by atoms with Crippen molar-refractivity contribution in [2.45, 2.75) is 54.6 Å². The maximum Gasteiger partial charge on any atom is 0.252 e. The number of hydrogen-bond donors (Lipinski definition) is 1. The number of nitrogens with zero attached hydrogens (tertiary/aromatic N) is 4. The van der Waals surface area contributed by atoms with Crippen LogP contribution in [-0.4, -0.2) is 66.3 Å². The van der Waals surface area contributed by atoms with Crippen molar-refractivity contribution in [3.63, 3.8) is 0 Å². The van der Waals surface area contributed by atoms with E-state index >= 15 is 0 Å². The maximum atomic E-state index is 12.5. The van der Waals surface area contributed by atoms with Gasteiger partial charge < -0.3 is 24.2 Å². The number of ether oxygens (including phenoxy) is 3. The van der Waals surface area contributed by atoms with Gasteiger partial charge in [0, 0.05) is 22.9 Å². The van der Waals surface area contributed by atoms with E-state index in [1.807, 2.05) is 6.07 Å². The lowest BCUT2D eigenvalue weighted by atomic mass is 9.48. The van der Waals surface area contributed by atoms with Crippen LogP contribution < -0.4 is 4.74 Å². The van der Waals surface area contributed by atoms with Gasteiger partial charge in [-0.05, 0) is 55.1 Å². The van der Waals surface area contributed by atoms with Crippen molar-refractivity contribution in [3.8, 4) is 5.75 Å². The van der Waals surface area contributed by atoms with Gasteiger partial charge in [-0.2, -0.15) is 0 Å². The number of aliphatic hydroxyl groups is 1. The van der Waals surface area contributed by atoms with Gasteiger partial charge in [-0.1, -0.05) is 6.07 Å². The van der Waals surface area contributed by atoms with Crippen LogP contribution in [0.1, 0.15) is 40.7 Å². The zero-order valence-electron chi connectivity index (χ0n) is 16.1. The Morgan fingerprint density at radius 1 is 1.31 bits per heavy atom. The van der Waals surface area contributed by atoms with Gasteiger partial charge >= 0.3 is 0 Å². The van der Waals surface area contributed by atoms with Crippen molar-refractivity contribution in [1.82, 2.24) is 4.90 Å². The van der Waals surface area contributed by atoms with Gasteiger partial charge in [-0.25, -0.2) is 0 Å². The van der Waals surface area contributed by atoms with E-state index in [-0.39, 0.29) is 11.6 Å². The normalized spacial score (nSPS) is 38.3. The molecule has 29 heavy (non-hydrogen) atoms. The number of benzene rings is 1. The number of carbonyl (C=O) groups is 1. The summed E-state index contributed by atoms with van der Waals surface area (Å²) in [6.07, 6.45) is 1.87. The summed E-state index contributed by atoms with van der Waals surface area (Å²) >= 11 is 0. The van der Waals surface area contributed by atoms with Gasteiger partial charge in [0.1, 0.15) is 5.75 Å². The highest BCUT2D eigenvalue weighted by Crippen LogP contribution is 2.67. The molecular formula is C20H22N4O5. The zero-order valence-corrected chi connectivity index (χ0v) is 16.1. The number of hydrogen-bond acceptors (Lipinski definition) is 6. The number of likely N-dealkylation sites (tertiary alicyclic amines) is 1. The largest absolute Gasteiger partial charge is 0.483 e. The third-order valence-corrected chi connectivity index (χ3v) is 7.90. The third kappa shape index (κ3) is 1.86. The van der Waals surface area contributed by atoms with Crippen molar-refractivity contribution >= 4 is 5.91 Å². The lowest BCUT2D eigenvalue weighted by molar-refractivity contribution is -0.295. The van der Waals surface area contributed by atoms with Crippen molar-refractivity contribution in [1.29, 1.82) is 0 Å². The number of azide groups is 1. The average molecular weight is 398 g/mol. The van der Waals surface area contributed by atoms with Crippen LogP contribution in [0.15, 0.2) is 17.2 Å². The number of carbonyl (C=O) groups excluding carboxylic acids is 1. The van der Waals surface area contributed by atoms with Crippen LogP contribution in [-0.2, 0) is 21.3 Å². The Bertz CT molecular complexity index is 985. The van der Waals surface area contributed by atoms with E-state index in [0.717, 1.165) is 17.7 Å². The Balaban J connectivity index is 1.64. The van der Waals surface area contributed by atoms with E-state index in [0.29, 0.717) is 44.6 Å². The molecule has 1 N–H and O–H groups in total. The minimum atomic E-state index is -1.01. The Morgan fingerprint density at radius 3 is 2.86 bits per heavy atom. The zero-order chi connectivity index (χ0) is 20.0. The highest BCUT2D eigenvalue weighted by Gasteiger charge is 2.77.